The van der Waals surface area contributed by atoms with Crippen LogP contribution in [0.1, 0.15) is 73.5 Å². The van der Waals surface area contributed by atoms with Gasteiger partial charge in [0.1, 0.15) is 0 Å². The van der Waals surface area contributed by atoms with E-state index in [2.05, 4.69) is 30.2 Å². The van der Waals surface area contributed by atoms with Crippen molar-refractivity contribution < 1.29 is 9.59 Å². The average molecular weight is 418 g/mol. The van der Waals surface area contributed by atoms with Crippen LogP contribution in [-0.2, 0) is 4.79 Å². The fraction of sp³-hybridized carbons (Fsp3) is 0.385. The summed E-state index contributed by atoms with van der Waals surface area (Å²) in [6.45, 7) is 4.63. The standard InChI is InChI=1S/C26H31N3O2/c1-3-4-5-10-18(2)28-24(30)15-16-29-25(20-12-6-7-13-21(20)26(29)31)22-17-27-23-14-9-8-11-19(22)23/h6-9,11-14,17-18,25,27H,3-5,10,15-16H2,1-2H3,(H,28,30)/t18-,25-/m0/s1. The number of carbonyl (C=O) groups excluding carboxylic acids is 2. The number of nitrogens with one attached hydrogen (secondary N) is 2. The van der Waals surface area contributed by atoms with Crippen LogP contribution in [0.5, 0.6) is 0 Å². The van der Waals surface area contributed by atoms with E-state index in [0.29, 0.717) is 13.0 Å². The third-order valence-corrected chi connectivity index (χ3v) is 6.20. The lowest BCUT2D eigenvalue weighted by molar-refractivity contribution is -0.122. The highest BCUT2D eigenvalue weighted by molar-refractivity contribution is 6.01. The Balaban J connectivity index is 1.52. The van der Waals surface area contributed by atoms with Crippen molar-refractivity contribution >= 4 is 22.7 Å². The molecule has 0 radical (unpaired) electrons. The van der Waals surface area contributed by atoms with Gasteiger partial charge in [0, 0.05) is 47.2 Å². The molecule has 5 heteroatoms. The van der Waals surface area contributed by atoms with Gasteiger partial charge in [0.25, 0.3) is 5.91 Å². The number of amides is 2. The molecule has 0 saturated carbocycles. The summed E-state index contributed by atoms with van der Waals surface area (Å²) in [5.41, 5.74) is 3.85. The molecule has 0 unspecified atom stereocenters. The summed E-state index contributed by atoms with van der Waals surface area (Å²) in [5.74, 6) is 0.0000988. The first-order valence-electron chi connectivity index (χ1n) is 11.4. The molecule has 0 spiro atoms. The molecule has 2 N–H and O–H groups in total. The average Bonchev–Trinajstić information content (AvgIpc) is 3.31. The number of H-pyrrole nitrogens is 1. The lowest BCUT2D eigenvalue weighted by atomic mass is 9.97. The number of rotatable bonds is 9. The molecular formula is C26H31N3O2. The zero-order valence-corrected chi connectivity index (χ0v) is 18.4. The van der Waals surface area contributed by atoms with Crippen molar-refractivity contribution in [2.45, 2.75) is 58.0 Å². The van der Waals surface area contributed by atoms with Crippen molar-refractivity contribution in [3.05, 3.63) is 71.4 Å². The molecule has 3 aromatic rings. The van der Waals surface area contributed by atoms with E-state index in [4.69, 9.17) is 0 Å². The zero-order valence-electron chi connectivity index (χ0n) is 18.4. The van der Waals surface area contributed by atoms with Crippen LogP contribution in [0.4, 0.5) is 0 Å². The molecule has 31 heavy (non-hydrogen) atoms. The van der Waals surface area contributed by atoms with Crippen LogP contribution in [0.2, 0.25) is 0 Å². The predicted octanol–water partition coefficient (Wildman–Crippen LogP) is 5.19. The van der Waals surface area contributed by atoms with Gasteiger partial charge in [0.2, 0.25) is 5.91 Å². The van der Waals surface area contributed by atoms with E-state index in [1.54, 1.807) is 0 Å². The maximum absolute atomic E-state index is 13.2. The van der Waals surface area contributed by atoms with Gasteiger partial charge in [-0.3, -0.25) is 9.59 Å². The van der Waals surface area contributed by atoms with Crippen LogP contribution < -0.4 is 5.32 Å². The number of hydrogen-bond acceptors (Lipinski definition) is 2. The smallest absolute Gasteiger partial charge is 0.255 e. The monoisotopic (exact) mass is 417 g/mol. The molecule has 2 amide bonds. The normalized spacial score (nSPS) is 16.5. The summed E-state index contributed by atoms with van der Waals surface area (Å²) in [7, 11) is 0. The highest BCUT2D eigenvalue weighted by atomic mass is 16.2. The van der Waals surface area contributed by atoms with Crippen LogP contribution in [0.25, 0.3) is 10.9 Å². The van der Waals surface area contributed by atoms with Crippen molar-refractivity contribution in [1.82, 2.24) is 15.2 Å². The van der Waals surface area contributed by atoms with E-state index in [1.165, 1.54) is 12.8 Å². The maximum Gasteiger partial charge on any atom is 0.255 e. The summed E-state index contributed by atoms with van der Waals surface area (Å²) in [6.07, 6.45) is 6.77. The summed E-state index contributed by atoms with van der Waals surface area (Å²) in [6, 6.07) is 15.9. The Kier molecular flexibility index (Phi) is 6.40. The van der Waals surface area contributed by atoms with Gasteiger partial charge in [0.15, 0.2) is 0 Å². The number of carbonyl (C=O) groups is 2. The highest BCUT2D eigenvalue weighted by Gasteiger charge is 2.38. The molecule has 162 valence electrons. The molecule has 0 fully saturated rings. The maximum atomic E-state index is 13.2. The van der Waals surface area contributed by atoms with Gasteiger partial charge >= 0.3 is 0 Å². The van der Waals surface area contributed by atoms with Crippen LogP contribution in [0.15, 0.2) is 54.7 Å². The molecule has 1 aromatic heterocycles. The quantitative estimate of drug-likeness (QED) is 0.471. The summed E-state index contributed by atoms with van der Waals surface area (Å²) in [4.78, 5) is 31.0. The second-order valence-corrected chi connectivity index (χ2v) is 8.49. The van der Waals surface area contributed by atoms with Gasteiger partial charge in [-0.05, 0) is 31.0 Å². The van der Waals surface area contributed by atoms with Crippen LogP contribution in [0, 0.1) is 0 Å². The Morgan fingerprint density at radius 2 is 1.87 bits per heavy atom. The van der Waals surface area contributed by atoms with Gasteiger partial charge < -0.3 is 15.2 Å². The number of unbranched alkanes of at least 4 members (excludes halogenated alkanes) is 2. The second-order valence-electron chi connectivity index (χ2n) is 8.49. The first-order valence-corrected chi connectivity index (χ1v) is 11.4. The molecule has 4 rings (SSSR count). The second kappa shape index (κ2) is 9.38. The van der Waals surface area contributed by atoms with Crippen LogP contribution >= 0.6 is 0 Å². The van der Waals surface area contributed by atoms with Crippen molar-refractivity contribution in [3.63, 3.8) is 0 Å². The Hall–Kier alpha value is -3.08. The molecule has 1 aliphatic rings. The number of nitrogens with zero attached hydrogens (tertiary/aromatic N) is 1. The molecule has 0 aliphatic carbocycles. The van der Waals surface area contributed by atoms with Crippen LogP contribution in [0.3, 0.4) is 0 Å². The third kappa shape index (κ3) is 4.36. The minimum Gasteiger partial charge on any atom is -0.361 e. The van der Waals surface area contributed by atoms with E-state index >= 15 is 0 Å². The van der Waals surface area contributed by atoms with Gasteiger partial charge in [-0.25, -0.2) is 0 Å². The van der Waals surface area contributed by atoms with Crippen molar-refractivity contribution in [3.8, 4) is 0 Å². The van der Waals surface area contributed by atoms with E-state index in [1.807, 2.05) is 53.6 Å². The summed E-state index contributed by atoms with van der Waals surface area (Å²) < 4.78 is 0. The lowest BCUT2D eigenvalue weighted by Crippen LogP contribution is -2.37. The Labute approximate surface area is 183 Å². The number of aromatic nitrogens is 1. The van der Waals surface area contributed by atoms with Crippen molar-refractivity contribution in [2.24, 2.45) is 0 Å². The minimum atomic E-state index is -0.186. The molecule has 0 saturated heterocycles. The fourth-order valence-corrected chi connectivity index (χ4v) is 4.60. The number of para-hydroxylation sites is 1. The predicted molar refractivity (Wildman–Crippen MR) is 124 cm³/mol. The number of hydrogen-bond donors (Lipinski definition) is 2. The molecule has 2 aromatic carbocycles. The lowest BCUT2D eigenvalue weighted by Gasteiger charge is -2.25. The molecule has 2 heterocycles. The van der Waals surface area contributed by atoms with E-state index in [0.717, 1.165) is 40.4 Å². The van der Waals surface area contributed by atoms with Gasteiger partial charge in [-0.1, -0.05) is 62.6 Å². The van der Waals surface area contributed by atoms with Crippen molar-refractivity contribution in [1.29, 1.82) is 0 Å². The van der Waals surface area contributed by atoms with Gasteiger partial charge in [-0.15, -0.1) is 0 Å². The molecule has 5 nitrogen and oxygen atoms in total. The first kappa shape index (κ1) is 21.2. The topological polar surface area (TPSA) is 65.2 Å². The Morgan fingerprint density at radius 3 is 2.71 bits per heavy atom. The van der Waals surface area contributed by atoms with E-state index in [9.17, 15) is 9.59 Å². The Morgan fingerprint density at radius 1 is 1.10 bits per heavy atom. The summed E-state index contributed by atoms with van der Waals surface area (Å²) >= 11 is 0. The van der Waals surface area contributed by atoms with Crippen LogP contribution in [-0.4, -0.2) is 34.3 Å². The third-order valence-electron chi connectivity index (χ3n) is 6.20. The first-order chi connectivity index (χ1) is 15.1. The van der Waals surface area contributed by atoms with Gasteiger partial charge in [0.05, 0.1) is 6.04 Å². The number of fused-ring (bicyclic) bond motifs is 2. The fourth-order valence-electron chi connectivity index (χ4n) is 4.60. The molecule has 1 aliphatic heterocycles. The number of benzene rings is 2. The Bertz CT molecular complexity index is 1070. The number of aromatic amines is 1. The zero-order chi connectivity index (χ0) is 21.8. The summed E-state index contributed by atoms with van der Waals surface area (Å²) in [5, 5.41) is 4.20. The molecule has 2 atom stereocenters. The molecular weight excluding hydrogens is 386 g/mol. The molecule has 0 bridgehead atoms. The van der Waals surface area contributed by atoms with E-state index in [-0.39, 0.29) is 23.9 Å². The SMILES string of the molecule is CCCCC[C@H](C)NC(=O)CCN1C(=O)c2ccccc2[C@H]1c1c[nH]c2ccccc12. The highest BCUT2D eigenvalue weighted by Crippen LogP contribution is 2.41. The largest absolute Gasteiger partial charge is 0.361 e. The minimum absolute atomic E-state index is 0.00493. The van der Waals surface area contributed by atoms with Crippen molar-refractivity contribution in [2.75, 3.05) is 6.54 Å². The van der Waals surface area contributed by atoms with E-state index < -0.39 is 0 Å². The van der Waals surface area contributed by atoms with Gasteiger partial charge in [-0.2, -0.15) is 0 Å².